The summed E-state index contributed by atoms with van der Waals surface area (Å²) in [6.45, 7) is 11.9. The van der Waals surface area contributed by atoms with Crippen LogP contribution in [0.2, 0.25) is 5.02 Å². The lowest BCUT2D eigenvalue weighted by Gasteiger charge is -2.33. The number of piperidine rings is 1. The Morgan fingerprint density at radius 3 is 2.39 bits per heavy atom. The van der Waals surface area contributed by atoms with E-state index in [0.717, 1.165) is 77.3 Å². The summed E-state index contributed by atoms with van der Waals surface area (Å²) in [5.41, 5.74) is 9.07. The van der Waals surface area contributed by atoms with Crippen molar-refractivity contribution in [1.82, 2.24) is 14.8 Å². The third-order valence-corrected chi connectivity index (χ3v) is 11.0. The molecule has 0 saturated carbocycles. The van der Waals surface area contributed by atoms with Gasteiger partial charge in [-0.25, -0.2) is 0 Å². The summed E-state index contributed by atoms with van der Waals surface area (Å²) in [7, 11) is 0. The van der Waals surface area contributed by atoms with E-state index in [-0.39, 0.29) is 13.2 Å². The van der Waals surface area contributed by atoms with E-state index in [1.807, 2.05) is 42.5 Å². The minimum atomic E-state index is 0.129. The number of halogens is 1. The normalized spacial score (nSPS) is 14.4. The molecule has 1 atom stereocenters. The van der Waals surface area contributed by atoms with Crippen LogP contribution in [0, 0.1) is 25.2 Å². The Kier molecular flexibility index (Phi) is 14.8. The van der Waals surface area contributed by atoms with Crippen LogP contribution in [-0.2, 0) is 26.3 Å². The maximum atomic E-state index is 9.62. The minimum Gasteiger partial charge on any atom is -0.493 e. The molecular weight excluding hydrogens is 720 g/mol. The van der Waals surface area contributed by atoms with Crippen molar-refractivity contribution in [3.63, 3.8) is 0 Å². The van der Waals surface area contributed by atoms with Crippen LogP contribution >= 0.6 is 11.6 Å². The summed E-state index contributed by atoms with van der Waals surface area (Å²) in [6, 6.07) is 31.2. The second-order valence-corrected chi connectivity index (χ2v) is 15.1. The van der Waals surface area contributed by atoms with E-state index in [0.29, 0.717) is 47.9 Å². The van der Waals surface area contributed by atoms with Gasteiger partial charge in [0.15, 0.2) is 0 Å². The Balaban J connectivity index is 1.14. The number of benzene rings is 4. The number of likely N-dealkylation sites (tertiary alicyclic amines) is 1. The largest absolute Gasteiger partial charge is 0.493 e. The maximum Gasteiger partial charge on any atom is 0.142 e. The van der Waals surface area contributed by atoms with E-state index >= 15 is 0 Å². The lowest BCUT2D eigenvalue weighted by molar-refractivity contribution is 0.150. The van der Waals surface area contributed by atoms with E-state index in [1.54, 1.807) is 18.5 Å². The quantitative estimate of drug-likeness (QED) is 0.0881. The predicted molar refractivity (Wildman–Crippen MR) is 223 cm³/mol. The first-order valence-corrected chi connectivity index (χ1v) is 20.0. The van der Waals surface area contributed by atoms with Gasteiger partial charge < -0.3 is 19.3 Å². The smallest absolute Gasteiger partial charge is 0.142 e. The molecule has 8 nitrogen and oxygen atoms in total. The number of aliphatic hydroxyl groups excluding tert-OH is 1. The second-order valence-electron chi connectivity index (χ2n) is 14.7. The summed E-state index contributed by atoms with van der Waals surface area (Å²) in [6.07, 6.45) is 7.72. The van der Waals surface area contributed by atoms with Crippen molar-refractivity contribution in [1.29, 1.82) is 5.26 Å². The molecule has 0 amide bonds. The molecule has 4 aromatic carbocycles. The number of rotatable bonds is 18. The summed E-state index contributed by atoms with van der Waals surface area (Å²) >= 11 is 6.93. The lowest BCUT2D eigenvalue weighted by Crippen LogP contribution is -2.36. The van der Waals surface area contributed by atoms with E-state index in [9.17, 15) is 10.4 Å². The molecule has 1 aromatic heterocycles. The van der Waals surface area contributed by atoms with E-state index in [4.69, 9.17) is 25.8 Å². The number of nitriles is 1. The zero-order valence-corrected chi connectivity index (χ0v) is 33.6. The molecule has 1 saturated heterocycles. The van der Waals surface area contributed by atoms with Crippen molar-refractivity contribution in [2.24, 2.45) is 0 Å². The fourth-order valence-corrected chi connectivity index (χ4v) is 7.66. The Morgan fingerprint density at radius 2 is 1.61 bits per heavy atom. The molecule has 2 heterocycles. The van der Waals surface area contributed by atoms with Crippen molar-refractivity contribution in [3.8, 4) is 34.4 Å². The molecule has 0 radical (unpaired) electrons. The number of hydrogen-bond acceptors (Lipinski definition) is 8. The van der Waals surface area contributed by atoms with Gasteiger partial charge in [-0.3, -0.25) is 14.8 Å². The van der Waals surface area contributed by atoms with Crippen LogP contribution < -0.4 is 14.2 Å². The van der Waals surface area contributed by atoms with Gasteiger partial charge in [-0.1, -0.05) is 78.7 Å². The second kappa shape index (κ2) is 20.3. The molecule has 0 unspecified atom stereocenters. The number of nitrogens with zero attached hydrogens (tertiary/aromatic N) is 4. The van der Waals surface area contributed by atoms with Gasteiger partial charge in [0.05, 0.1) is 23.8 Å². The summed E-state index contributed by atoms with van der Waals surface area (Å²) in [5, 5.41) is 19.5. The minimum absolute atomic E-state index is 0.129. The van der Waals surface area contributed by atoms with Gasteiger partial charge in [-0.2, -0.15) is 5.26 Å². The highest BCUT2D eigenvalue weighted by molar-refractivity contribution is 6.32. The average molecular weight is 773 g/mol. The van der Waals surface area contributed by atoms with Crippen LogP contribution in [0.5, 0.6) is 17.2 Å². The molecule has 56 heavy (non-hydrogen) atoms. The summed E-state index contributed by atoms with van der Waals surface area (Å²) < 4.78 is 19.2. The fourth-order valence-electron chi connectivity index (χ4n) is 7.42. The van der Waals surface area contributed by atoms with E-state index in [1.165, 1.54) is 24.8 Å². The van der Waals surface area contributed by atoms with Crippen LogP contribution in [0.25, 0.3) is 11.1 Å². The van der Waals surface area contributed by atoms with Gasteiger partial charge in [0, 0.05) is 61.8 Å². The maximum absolute atomic E-state index is 9.62. The van der Waals surface area contributed by atoms with E-state index < -0.39 is 0 Å². The van der Waals surface area contributed by atoms with Crippen molar-refractivity contribution in [2.45, 2.75) is 78.8 Å². The van der Waals surface area contributed by atoms with Crippen molar-refractivity contribution < 1.29 is 19.3 Å². The molecular formula is C47H53ClN4O4. The van der Waals surface area contributed by atoms with Crippen molar-refractivity contribution >= 4 is 11.6 Å². The zero-order chi connectivity index (χ0) is 39.3. The van der Waals surface area contributed by atoms with Crippen LogP contribution in [-0.4, -0.2) is 58.8 Å². The molecule has 1 aliphatic heterocycles. The van der Waals surface area contributed by atoms with E-state index in [2.05, 4.69) is 78.0 Å². The van der Waals surface area contributed by atoms with Gasteiger partial charge in [0.1, 0.15) is 36.5 Å². The Labute approximate surface area is 337 Å². The Bertz CT molecular complexity index is 2090. The van der Waals surface area contributed by atoms with Crippen LogP contribution in [0.1, 0.15) is 71.6 Å². The monoisotopic (exact) mass is 772 g/mol. The number of hydrogen-bond donors (Lipinski definition) is 1. The molecule has 1 N–H and O–H groups in total. The van der Waals surface area contributed by atoms with Gasteiger partial charge in [0.2, 0.25) is 0 Å². The lowest BCUT2D eigenvalue weighted by atomic mass is 9.93. The fraction of sp³-hybridized carbons (Fsp3) is 0.362. The summed E-state index contributed by atoms with van der Waals surface area (Å²) in [4.78, 5) is 8.95. The molecule has 0 bridgehead atoms. The third kappa shape index (κ3) is 10.9. The summed E-state index contributed by atoms with van der Waals surface area (Å²) in [5.74, 6) is 2.13. The number of pyridine rings is 1. The first-order chi connectivity index (χ1) is 27.3. The van der Waals surface area contributed by atoms with Crippen molar-refractivity contribution in [3.05, 3.63) is 141 Å². The molecule has 0 spiro atoms. The molecule has 9 heteroatoms. The third-order valence-electron chi connectivity index (χ3n) is 10.7. The first kappa shape index (κ1) is 40.7. The Morgan fingerprint density at radius 1 is 0.821 bits per heavy atom. The molecule has 1 aliphatic rings. The highest BCUT2D eigenvalue weighted by Crippen LogP contribution is 2.37. The van der Waals surface area contributed by atoms with Crippen molar-refractivity contribution in [2.75, 3.05) is 32.8 Å². The molecule has 292 valence electrons. The van der Waals surface area contributed by atoms with Gasteiger partial charge >= 0.3 is 0 Å². The molecule has 0 aliphatic carbocycles. The zero-order valence-electron chi connectivity index (χ0n) is 32.8. The van der Waals surface area contributed by atoms with Crippen LogP contribution in [0.15, 0.2) is 97.3 Å². The van der Waals surface area contributed by atoms with Crippen LogP contribution in [0.3, 0.4) is 0 Å². The number of aliphatic hydroxyl groups is 1. The van der Waals surface area contributed by atoms with Gasteiger partial charge in [0.25, 0.3) is 0 Å². The van der Waals surface area contributed by atoms with Crippen LogP contribution in [0.4, 0.5) is 0 Å². The SMILES string of the molecule is Cc1c(COc2cc(OCc3cncc(C#N)c3)c(CN3CCCC[C@H]3C)cc2Cl)cccc1-c1cccc(OCCCN(CCO)Cc2ccccc2)c1C. The molecule has 6 rings (SSSR count). The van der Waals surface area contributed by atoms with Gasteiger partial charge in [-0.05, 0) is 98.2 Å². The highest BCUT2D eigenvalue weighted by Gasteiger charge is 2.22. The highest BCUT2D eigenvalue weighted by atomic mass is 35.5. The standard InChI is InChI=1S/C47H53ClN4O4/c1-34-12-7-8-20-52(34)31-41-25-44(48)47(26-46(41)55-32-39-24-38(27-49)28-50-29-39)56-33-40-15-9-16-42(35(40)2)43-17-10-18-45(36(43)3)54-23-11-19-51(21-22-53)30-37-13-5-4-6-14-37/h4-6,9-10,13-18,24-26,28-29,34,53H,7-8,11-12,19-23,30-33H2,1-3H3/t34-/m1/s1. The average Bonchev–Trinajstić information content (AvgIpc) is 3.21. The number of ether oxygens (including phenoxy) is 3. The molecule has 1 fully saturated rings. The molecule has 5 aromatic rings. The Hall–Kier alpha value is -4.91. The predicted octanol–water partition coefficient (Wildman–Crippen LogP) is 9.69. The first-order valence-electron chi connectivity index (χ1n) is 19.7. The topological polar surface area (TPSA) is 91.1 Å². The number of aromatic nitrogens is 1. The van der Waals surface area contributed by atoms with Gasteiger partial charge in [-0.15, -0.1) is 0 Å².